The number of rotatable bonds is 6. The first-order valence-corrected chi connectivity index (χ1v) is 9.67. The Labute approximate surface area is 168 Å². The van der Waals surface area contributed by atoms with Crippen molar-refractivity contribution in [3.63, 3.8) is 0 Å². The molecule has 7 nitrogen and oxygen atoms in total. The molecule has 1 aliphatic rings. The van der Waals surface area contributed by atoms with E-state index in [4.69, 9.17) is 16.3 Å². The van der Waals surface area contributed by atoms with Crippen molar-refractivity contribution in [3.05, 3.63) is 64.7 Å². The highest BCUT2D eigenvalue weighted by Gasteiger charge is 2.29. The van der Waals surface area contributed by atoms with Crippen LogP contribution in [-0.4, -0.2) is 50.5 Å². The largest absolute Gasteiger partial charge is 0.492 e. The smallest absolute Gasteiger partial charge is 0.257 e. The van der Waals surface area contributed by atoms with Crippen molar-refractivity contribution in [2.75, 3.05) is 19.7 Å². The first kappa shape index (κ1) is 18.6. The van der Waals surface area contributed by atoms with Crippen LogP contribution in [0.3, 0.4) is 0 Å². The van der Waals surface area contributed by atoms with E-state index < -0.39 is 0 Å². The number of aryl methyl sites for hydroxylation is 1. The Hall–Kier alpha value is -2.80. The molecule has 1 aliphatic heterocycles. The van der Waals surface area contributed by atoms with Gasteiger partial charge in [0, 0.05) is 44.4 Å². The number of hydrogen-bond donors (Lipinski definition) is 1. The fourth-order valence-corrected chi connectivity index (χ4v) is 3.64. The summed E-state index contributed by atoms with van der Waals surface area (Å²) in [6, 6.07) is 9.50. The standard InChI is InChI=1S/C20H22ClN5O2/c1-25-12-15(11-22-25)20(27)26-8-6-14(13-26)18-10-16(23-24-18)7-9-28-19-5-3-2-4-17(19)21/h2-5,10-12,14H,6-9,13H2,1H3,(H,23,24)/t14-/m0/s1. The van der Waals surface area contributed by atoms with Crippen molar-refractivity contribution < 1.29 is 9.53 Å². The van der Waals surface area contributed by atoms with Crippen molar-refractivity contribution in [1.29, 1.82) is 0 Å². The number of carbonyl (C=O) groups excluding carboxylic acids is 1. The van der Waals surface area contributed by atoms with Gasteiger partial charge in [0.05, 0.1) is 29.1 Å². The molecule has 1 amide bonds. The van der Waals surface area contributed by atoms with Gasteiger partial charge in [-0.1, -0.05) is 23.7 Å². The van der Waals surface area contributed by atoms with E-state index >= 15 is 0 Å². The number of carbonyl (C=O) groups is 1. The number of para-hydroxylation sites is 1. The zero-order chi connectivity index (χ0) is 19.5. The second-order valence-corrected chi connectivity index (χ2v) is 7.39. The minimum atomic E-state index is 0.0273. The van der Waals surface area contributed by atoms with Gasteiger partial charge in [0.15, 0.2) is 0 Å². The van der Waals surface area contributed by atoms with Crippen molar-refractivity contribution >= 4 is 17.5 Å². The highest BCUT2D eigenvalue weighted by molar-refractivity contribution is 6.32. The number of likely N-dealkylation sites (tertiary alicyclic amines) is 1. The van der Waals surface area contributed by atoms with Gasteiger partial charge in [0.25, 0.3) is 5.91 Å². The molecule has 0 bridgehead atoms. The third-order valence-electron chi connectivity index (χ3n) is 4.96. The summed E-state index contributed by atoms with van der Waals surface area (Å²) in [5.41, 5.74) is 2.64. The van der Waals surface area contributed by atoms with E-state index in [1.165, 1.54) is 0 Å². The van der Waals surface area contributed by atoms with E-state index in [9.17, 15) is 4.79 Å². The van der Waals surface area contributed by atoms with Gasteiger partial charge < -0.3 is 9.64 Å². The van der Waals surface area contributed by atoms with Crippen molar-refractivity contribution in [3.8, 4) is 5.75 Å². The van der Waals surface area contributed by atoms with Gasteiger partial charge >= 0.3 is 0 Å². The maximum absolute atomic E-state index is 12.6. The minimum absolute atomic E-state index is 0.0273. The zero-order valence-corrected chi connectivity index (χ0v) is 16.4. The summed E-state index contributed by atoms with van der Waals surface area (Å²) >= 11 is 6.10. The van der Waals surface area contributed by atoms with E-state index in [1.807, 2.05) is 36.2 Å². The van der Waals surface area contributed by atoms with Crippen LogP contribution < -0.4 is 4.74 Å². The zero-order valence-electron chi connectivity index (χ0n) is 15.6. The average Bonchev–Trinajstić information content (AvgIpc) is 3.43. The van der Waals surface area contributed by atoms with Gasteiger partial charge in [-0.15, -0.1) is 0 Å². The lowest BCUT2D eigenvalue weighted by molar-refractivity contribution is 0.0790. The quantitative estimate of drug-likeness (QED) is 0.691. The van der Waals surface area contributed by atoms with Gasteiger partial charge in [-0.05, 0) is 24.6 Å². The lowest BCUT2D eigenvalue weighted by Crippen LogP contribution is -2.28. The summed E-state index contributed by atoms with van der Waals surface area (Å²) in [4.78, 5) is 14.4. The van der Waals surface area contributed by atoms with E-state index in [0.29, 0.717) is 35.9 Å². The Morgan fingerprint density at radius 3 is 3.04 bits per heavy atom. The molecule has 3 heterocycles. The molecule has 0 saturated carbocycles. The van der Waals surface area contributed by atoms with E-state index in [2.05, 4.69) is 21.4 Å². The highest BCUT2D eigenvalue weighted by Crippen LogP contribution is 2.27. The SMILES string of the molecule is Cn1cc(C(=O)N2CC[C@H](c3cc(CCOc4ccccc4Cl)[nH]n3)C2)cn1. The molecular weight excluding hydrogens is 378 g/mol. The van der Waals surface area contributed by atoms with Crippen LogP contribution in [0, 0.1) is 0 Å². The summed E-state index contributed by atoms with van der Waals surface area (Å²) in [5, 5.41) is 12.2. The predicted octanol–water partition coefficient (Wildman–Crippen LogP) is 3.05. The summed E-state index contributed by atoms with van der Waals surface area (Å²) in [6.07, 6.45) is 4.98. The Balaban J connectivity index is 1.31. The topological polar surface area (TPSA) is 76.0 Å². The first-order chi connectivity index (χ1) is 13.6. The Morgan fingerprint density at radius 1 is 1.39 bits per heavy atom. The fraction of sp³-hybridized carbons (Fsp3) is 0.350. The number of H-pyrrole nitrogens is 1. The maximum Gasteiger partial charge on any atom is 0.257 e. The van der Waals surface area contributed by atoms with E-state index in [1.54, 1.807) is 17.1 Å². The lowest BCUT2D eigenvalue weighted by atomic mass is 10.0. The molecular formula is C20H22ClN5O2. The van der Waals surface area contributed by atoms with Crippen LogP contribution in [0.2, 0.25) is 5.02 Å². The normalized spacial score (nSPS) is 16.5. The number of benzene rings is 1. The number of aromatic amines is 1. The highest BCUT2D eigenvalue weighted by atomic mass is 35.5. The van der Waals surface area contributed by atoms with Crippen LogP contribution in [-0.2, 0) is 13.5 Å². The Bertz CT molecular complexity index is 967. The summed E-state index contributed by atoms with van der Waals surface area (Å²) < 4.78 is 7.38. The maximum atomic E-state index is 12.6. The molecule has 0 spiro atoms. The second kappa shape index (κ2) is 8.06. The predicted molar refractivity (Wildman–Crippen MR) is 106 cm³/mol. The van der Waals surface area contributed by atoms with E-state index in [0.717, 1.165) is 24.4 Å². The number of halogens is 1. The molecule has 1 atom stereocenters. The molecule has 0 unspecified atom stereocenters. The third kappa shape index (κ3) is 4.04. The molecule has 8 heteroatoms. The second-order valence-electron chi connectivity index (χ2n) is 6.99. The Kier molecular flexibility index (Phi) is 5.34. The van der Waals surface area contributed by atoms with Gasteiger partial charge in [-0.3, -0.25) is 14.6 Å². The first-order valence-electron chi connectivity index (χ1n) is 9.29. The summed E-state index contributed by atoms with van der Waals surface area (Å²) in [7, 11) is 1.81. The third-order valence-corrected chi connectivity index (χ3v) is 5.27. The fourth-order valence-electron chi connectivity index (χ4n) is 3.45. The number of ether oxygens (including phenoxy) is 1. The average molecular weight is 400 g/mol. The molecule has 0 aliphatic carbocycles. The number of amides is 1. The molecule has 3 aromatic rings. The van der Waals surface area contributed by atoms with Crippen LogP contribution in [0.4, 0.5) is 0 Å². The van der Waals surface area contributed by atoms with Crippen molar-refractivity contribution in [2.24, 2.45) is 7.05 Å². The van der Waals surface area contributed by atoms with E-state index in [-0.39, 0.29) is 11.8 Å². The number of nitrogens with one attached hydrogen (secondary N) is 1. The minimum Gasteiger partial charge on any atom is -0.492 e. The summed E-state index contributed by atoms with van der Waals surface area (Å²) in [5.74, 6) is 0.957. The van der Waals surface area contributed by atoms with Crippen LogP contribution in [0.5, 0.6) is 5.75 Å². The number of aromatic nitrogens is 4. The lowest BCUT2D eigenvalue weighted by Gasteiger charge is -2.14. The Morgan fingerprint density at radius 2 is 2.25 bits per heavy atom. The van der Waals surface area contributed by atoms with Crippen LogP contribution in [0.1, 0.15) is 34.1 Å². The molecule has 146 valence electrons. The van der Waals surface area contributed by atoms with Crippen LogP contribution in [0.25, 0.3) is 0 Å². The van der Waals surface area contributed by atoms with Crippen molar-refractivity contribution in [2.45, 2.75) is 18.8 Å². The molecule has 0 radical (unpaired) electrons. The summed E-state index contributed by atoms with van der Waals surface area (Å²) in [6.45, 7) is 1.92. The molecule has 4 rings (SSSR count). The molecule has 1 N–H and O–H groups in total. The molecule has 1 saturated heterocycles. The van der Waals surface area contributed by atoms with Gasteiger partial charge in [-0.2, -0.15) is 10.2 Å². The van der Waals surface area contributed by atoms with Gasteiger partial charge in [0.1, 0.15) is 5.75 Å². The number of nitrogens with zero attached hydrogens (tertiary/aromatic N) is 4. The van der Waals surface area contributed by atoms with Gasteiger partial charge in [0.2, 0.25) is 0 Å². The molecule has 28 heavy (non-hydrogen) atoms. The molecule has 1 aromatic carbocycles. The van der Waals surface area contributed by atoms with Crippen LogP contribution in [0.15, 0.2) is 42.7 Å². The van der Waals surface area contributed by atoms with Gasteiger partial charge in [-0.25, -0.2) is 0 Å². The monoisotopic (exact) mass is 399 g/mol. The van der Waals surface area contributed by atoms with Crippen molar-refractivity contribution in [1.82, 2.24) is 24.9 Å². The number of hydrogen-bond acceptors (Lipinski definition) is 4. The molecule has 2 aromatic heterocycles. The van der Waals surface area contributed by atoms with Crippen LogP contribution >= 0.6 is 11.6 Å². The molecule has 1 fully saturated rings.